The van der Waals surface area contributed by atoms with Crippen molar-refractivity contribution >= 4 is 0 Å². The molecule has 0 heterocycles. The minimum absolute atomic E-state index is 0.216. The van der Waals surface area contributed by atoms with Crippen LogP contribution in [0.1, 0.15) is 25.0 Å². The van der Waals surface area contributed by atoms with Gasteiger partial charge in [0.25, 0.3) is 0 Å². The lowest BCUT2D eigenvalue weighted by molar-refractivity contribution is 0.396. The molecule has 0 aromatic heterocycles. The molecule has 2 aromatic rings. The predicted molar refractivity (Wildman–Crippen MR) is 86.0 cm³/mol. The Kier molecular flexibility index (Phi) is 4.50. The summed E-state index contributed by atoms with van der Waals surface area (Å²) in [6, 6.07) is 10.3. The first-order valence-corrected chi connectivity index (χ1v) is 7.11. The molecule has 22 heavy (non-hydrogen) atoms. The maximum Gasteiger partial charge on any atom is 0.119 e. The summed E-state index contributed by atoms with van der Waals surface area (Å²) in [7, 11) is 3.19. The SMILES string of the molecule is COc1ccc(O)c(CC(C)(C)c2cc(OC)ccc2O)c1. The van der Waals surface area contributed by atoms with Crippen LogP contribution < -0.4 is 9.47 Å². The molecule has 0 fully saturated rings. The lowest BCUT2D eigenvalue weighted by Gasteiger charge is -2.27. The van der Waals surface area contributed by atoms with E-state index >= 15 is 0 Å². The topological polar surface area (TPSA) is 58.9 Å². The van der Waals surface area contributed by atoms with Gasteiger partial charge in [0.15, 0.2) is 0 Å². The minimum atomic E-state index is -0.386. The summed E-state index contributed by atoms with van der Waals surface area (Å²) in [5, 5.41) is 20.2. The van der Waals surface area contributed by atoms with Crippen LogP contribution in [0.2, 0.25) is 0 Å². The highest BCUT2D eigenvalue weighted by molar-refractivity contribution is 5.46. The van der Waals surface area contributed by atoms with Gasteiger partial charge in [-0.15, -0.1) is 0 Å². The maximum absolute atomic E-state index is 10.2. The quantitative estimate of drug-likeness (QED) is 0.885. The van der Waals surface area contributed by atoms with E-state index in [-0.39, 0.29) is 16.9 Å². The smallest absolute Gasteiger partial charge is 0.119 e. The van der Waals surface area contributed by atoms with Crippen LogP contribution in [0.15, 0.2) is 36.4 Å². The predicted octanol–water partition coefficient (Wildman–Crippen LogP) is 3.64. The van der Waals surface area contributed by atoms with Gasteiger partial charge in [0, 0.05) is 5.56 Å². The van der Waals surface area contributed by atoms with E-state index < -0.39 is 0 Å². The lowest BCUT2D eigenvalue weighted by Crippen LogP contribution is -2.21. The summed E-state index contributed by atoms with van der Waals surface area (Å²) < 4.78 is 10.4. The molecule has 0 atom stereocenters. The average Bonchev–Trinajstić information content (AvgIpc) is 2.49. The van der Waals surface area contributed by atoms with Crippen molar-refractivity contribution in [3.63, 3.8) is 0 Å². The van der Waals surface area contributed by atoms with Crippen LogP contribution >= 0.6 is 0 Å². The highest BCUT2D eigenvalue weighted by atomic mass is 16.5. The zero-order chi connectivity index (χ0) is 16.3. The Morgan fingerprint density at radius 2 is 1.41 bits per heavy atom. The Labute approximate surface area is 130 Å². The number of phenols is 2. The Bertz CT molecular complexity index is 662. The Hall–Kier alpha value is -2.36. The molecule has 0 radical (unpaired) electrons. The number of methoxy groups -OCH3 is 2. The highest BCUT2D eigenvalue weighted by Crippen LogP contribution is 2.38. The van der Waals surface area contributed by atoms with Gasteiger partial charge in [0.05, 0.1) is 14.2 Å². The summed E-state index contributed by atoms with van der Waals surface area (Å²) >= 11 is 0. The van der Waals surface area contributed by atoms with Gasteiger partial charge in [-0.25, -0.2) is 0 Å². The fourth-order valence-electron chi connectivity index (χ4n) is 2.59. The number of benzene rings is 2. The first-order valence-electron chi connectivity index (χ1n) is 7.11. The molecule has 0 amide bonds. The number of ether oxygens (including phenoxy) is 2. The van der Waals surface area contributed by atoms with Crippen LogP contribution in [0, 0.1) is 0 Å². The Balaban J connectivity index is 2.39. The number of phenolic OH excluding ortho intramolecular Hbond substituents is 2. The molecule has 4 heteroatoms. The number of aromatic hydroxyl groups is 2. The summed E-state index contributed by atoms with van der Waals surface area (Å²) in [6.45, 7) is 4.03. The average molecular weight is 302 g/mol. The second-order valence-corrected chi connectivity index (χ2v) is 5.94. The molecule has 2 rings (SSSR count). The molecule has 118 valence electrons. The van der Waals surface area contributed by atoms with E-state index in [2.05, 4.69) is 0 Å². The van der Waals surface area contributed by atoms with Gasteiger partial charge in [-0.3, -0.25) is 0 Å². The lowest BCUT2D eigenvalue weighted by atomic mass is 9.78. The van der Waals surface area contributed by atoms with Gasteiger partial charge in [-0.05, 0) is 53.8 Å². The fraction of sp³-hybridized carbons (Fsp3) is 0.333. The molecular weight excluding hydrogens is 280 g/mol. The molecule has 0 unspecified atom stereocenters. The largest absolute Gasteiger partial charge is 0.508 e. The molecule has 2 N–H and O–H groups in total. The van der Waals surface area contributed by atoms with Gasteiger partial charge in [0.2, 0.25) is 0 Å². The van der Waals surface area contributed by atoms with E-state index in [1.807, 2.05) is 26.0 Å². The first-order chi connectivity index (χ1) is 10.4. The van der Waals surface area contributed by atoms with Crippen molar-refractivity contribution in [1.82, 2.24) is 0 Å². The zero-order valence-corrected chi connectivity index (χ0v) is 13.4. The van der Waals surface area contributed by atoms with E-state index in [4.69, 9.17) is 9.47 Å². The summed E-state index contributed by atoms with van der Waals surface area (Å²) in [6.07, 6.45) is 0.552. The molecular formula is C18H22O4. The molecule has 0 bridgehead atoms. The molecule has 4 nitrogen and oxygen atoms in total. The van der Waals surface area contributed by atoms with Crippen LogP contribution in [-0.4, -0.2) is 24.4 Å². The van der Waals surface area contributed by atoms with E-state index in [1.165, 1.54) is 0 Å². The van der Waals surface area contributed by atoms with E-state index in [0.717, 1.165) is 11.1 Å². The monoisotopic (exact) mass is 302 g/mol. The van der Waals surface area contributed by atoms with Crippen molar-refractivity contribution in [2.45, 2.75) is 25.7 Å². The van der Waals surface area contributed by atoms with Gasteiger partial charge in [-0.1, -0.05) is 13.8 Å². The third kappa shape index (κ3) is 3.27. The van der Waals surface area contributed by atoms with Crippen molar-refractivity contribution in [2.75, 3.05) is 14.2 Å². The van der Waals surface area contributed by atoms with Crippen LogP contribution in [-0.2, 0) is 11.8 Å². The van der Waals surface area contributed by atoms with Gasteiger partial charge in [0.1, 0.15) is 23.0 Å². The van der Waals surface area contributed by atoms with Crippen LogP contribution in [0.5, 0.6) is 23.0 Å². The van der Waals surface area contributed by atoms with Crippen molar-refractivity contribution < 1.29 is 19.7 Å². The zero-order valence-electron chi connectivity index (χ0n) is 13.4. The van der Waals surface area contributed by atoms with E-state index in [9.17, 15) is 10.2 Å². The van der Waals surface area contributed by atoms with Crippen molar-refractivity contribution in [3.8, 4) is 23.0 Å². The third-order valence-corrected chi connectivity index (χ3v) is 3.85. The number of hydrogen-bond acceptors (Lipinski definition) is 4. The molecule has 0 aliphatic carbocycles. The molecule has 2 aromatic carbocycles. The molecule has 0 saturated carbocycles. The van der Waals surface area contributed by atoms with Crippen LogP contribution in [0.25, 0.3) is 0 Å². The Morgan fingerprint density at radius 1 is 0.864 bits per heavy atom. The molecule has 0 aliphatic heterocycles. The summed E-state index contributed by atoms with van der Waals surface area (Å²) in [5.74, 6) is 1.82. The third-order valence-electron chi connectivity index (χ3n) is 3.85. The van der Waals surface area contributed by atoms with Gasteiger partial charge < -0.3 is 19.7 Å². The first kappa shape index (κ1) is 16.0. The molecule has 0 aliphatic rings. The van der Waals surface area contributed by atoms with Crippen LogP contribution in [0.3, 0.4) is 0 Å². The molecule has 0 spiro atoms. The van der Waals surface area contributed by atoms with Crippen molar-refractivity contribution in [2.24, 2.45) is 0 Å². The second-order valence-electron chi connectivity index (χ2n) is 5.94. The molecule has 0 saturated heterocycles. The Morgan fingerprint density at radius 3 is 2.00 bits per heavy atom. The fourth-order valence-corrected chi connectivity index (χ4v) is 2.59. The van der Waals surface area contributed by atoms with Crippen molar-refractivity contribution in [1.29, 1.82) is 0 Å². The van der Waals surface area contributed by atoms with E-state index in [0.29, 0.717) is 17.9 Å². The second kappa shape index (κ2) is 6.18. The normalized spacial score (nSPS) is 11.3. The summed E-state index contributed by atoms with van der Waals surface area (Å²) in [4.78, 5) is 0. The maximum atomic E-state index is 10.2. The van der Waals surface area contributed by atoms with E-state index in [1.54, 1.807) is 38.5 Å². The number of hydrogen-bond donors (Lipinski definition) is 2. The van der Waals surface area contributed by atoms with Gasteiger partial charge >= 0.3 is 0 Å². The number of rotatable bonds is 5. The van der Waals surface area contributed by atoms with Crippen molar-refractivity contribution in [3.05, 3.63) is 47.5 Å². The minimum Gasteiger partial charge on any atom is -0.508 e. The van der Waals surface area contributed by atoms with Gasteiger partial charge in [-0.2, -0.15) is 0 Å². The highest BCUT2D eigenvalue weighted by Gasteiger charge is 2.26. The standard InChI is InChI=1S/C18H22O4/c1-18(2,15-10-14(22-4)6-8-17(15)20)11-12-9-13(21-3)5-7-16(12)19/h5-10,19-20H,11H2,1-4H3. The van der Waals surface area contributed by atoms with Crippen LogP contribution in [0.4, 0.5) is 0 Å². The summed E-state index contributed by atoms with van der Waals surface area (Å²) in [5.41, 5.74) is 1.16.